The summed E-state index contributed by atoms with van der Waals surface area (Å²) in [5.74, 6) is 0.613. The first-order valence-corrected chi connectivity index (χ1v) is 4.87. The molecule has 0 spiro atoms. The van der Waals surface area contributed by atoms with E-state index in [1.165, 1.54) is 0 Å². The number of nitrogens with zero attached hydrogens (tertiary/aromatic N) is 1. The van der Waals surface area contributed by atoms with E-state index in [0.29, 0.717) is 11.6 Å². The molecule has 2 heterocycles. The molecule has 1 fully saturated rings. The molecule has 4 heteroatoms. The van der Waals surface area contributed by atoms with Gasteiger partial charge >= 0.3 is 0 Å². The lowest BCUT2D eigenvalue weighted by Gasteiger charge is -2.11. The van der Waals surface area contributed by atoms with Gasteiger partial charge in [-0.3, -0.25) is 4.98 Å². The molecule has 2 rings (SSSR count). The first-order valence-electron chi connectivity index (χ1n) is 4.87. The van der Waals surface area contributed by atoms with Crippen LogP contribution in [0.15, 0.2) is 18.5 Å². The van der Waals surface area contributed by atoms with Gasteiger partial charge in [-0.25, -0.2) is 0 Å². The summed E-state index contributed by atoms with van der Waals surface area (Å²) in [6.07, 6.45) is 4.54. The van der Waals surface area contributed by atoms with Gasteiger partial charge < -0.3 is 15.8 Å². The van der Waals surface area contributed by atoms with Crippen molar-refractivity contribution in [3.63, 3.8) is 0 Å². The molecule has 0 bridgehead atoms. The van der Waals surface area contributed by atoms with Gasteiger partial charge in [0.2, 0.25) is 0 Å². The fraction of sp³-hybridized carbons (Fsp3) is 0.500. The van der Waals surface area contributed by atoms with Crippen LogP contribution >= 0.6 is 0 Å². The fourth-order valence-corrected chi connectivity index (χ4v) is 1.57. The fourth-order valence-electron chi connectivity index (χ4n) is 1.57. The van der Waals surface area contributed by atoms with Crippen molar-refractivity contribution in [2.45, 2.75) is 6.42 Å². The predicted molar refractivity (Wildman–Crippen MR) is 56.1 cm³/mol. The molecular formula is C10H15N3O. The smallest absolute Gasteiger partial charge is 0.0736 e. The van der Waals surface area contributed by atoms with Crippen molar-refractivity contribution in [1.29, 1.82) is 0 Å². The number of nitrogen functional groups attached to an aromatic ring is 1. The molecule has 3 N–H and O–H groups in total. The molecule has 1 unspecified atom stereocenters. The minimum atomic E-state index is 0.613. The molecular weight excluding hydrogens is 178 g/mol. The SMILES string of the molecule is Nc1cnccc1NCC1CCOC1. The summed E-state index contributed by atoms with van der Waals surface area (Å²) < 4.78 is 5.29. The lowest BCUT2D eigenvalue weighted by molar-refractivity contribution is 0.187. The summed E-state index contributed by atoms with van der Waals surface area (Å²) >= 11 is 0. The molecule has 14 heavy (non-hydrogen) atoms. The van der Waals surface area contributed by atoms with Crippen molar-refractivity contribution < 1.29 is 4.74 Å². The number of rotatable bonds is 3. The topological polar surface area (TPSA) is 60.2 Å². The van der Waals surface area contributed by atoms with Gasteiger partial charge in [-0.15, -0.1) is 0 Å². The Bertz CT molecular complexity index is 297. The third-order valence-electron chi connectivity index (χ3n) is 2.46. The van der Waals surface area contributed by atoms with E-state index in [0.717, 1.165) is 31.9 Å². The van der Waals surface area contributed by atoms with E-state index in [2.05, 4.69) is 10.3 Å². The molecule has 0 saturated carbocycles. The van der Waals surface area contributed by atoms with Gasteiger partial charge in [-0.1, -0.05) is 0 Å². The Morgan fingerprint density at radius 2 is 2.57 bits per heavy atom. The number of hydrogen-bond donors (Lipinski definition) is 2. The Morgan fingerprint density at radius 1 is 1.64 bits per heavy atom. The Labute approximate surface area is 83.5 Å². The van der Waals surface area contributed by atoms with Crippen LogP contribution in [-0.2, 0) is 4.74 Å². The van der Waals surface area contributed by atoms with Crippen LogP contribution in [0.1, 0.15) is 6.42 Å². The average Bonchev–Trinajstić information content (AvgIpc) is 2.69. The largest absolute Gasteiger partial charge is 0.396 e. The summed E-state index contributed by atoms with van der Waals surface area (Å²) in [6.45, 7) is 2.67. The quantitative estimate of drug-likeness (QED) is 0.755. The molecule has 1 saturated heterocycles. The number of hydrogen-bond acceptors (Lipinski definition) is 4. The van der Waals surface area contributed by atoms with E-state index < -0.39 is 0 Å². The zero-order valence-corrected chi connectivity index (χ0v) is 8.07. The van der Waals surface area contributed by atoms with Crippen molar-refractivity contribution in [3.05, 3.63) is 18.5 Å². The van der Waals surface area contributed by atoms with Crippen LogP contribution in [0.2, 0.25) is 0 Å². The minimum absolute atomic E-state index is 0.613. The van der Waals surface area contributed by atoms with Crippen molar-refractivity contribution in [2.75, 3.05) is 30.8 Å². The van der Waals surface area contributed by atoms with E-state index in [4.69, 9.17) is 10.5 Å². The second kappa shape index (κ2) is 4.28. The summed E-state index contributed by atoms with van der Waals surface area (Å²) in [5.41, 5.74) is 7.41. The molecule has 4 nitrogen and oxygen atoms in total. The maximum Gasteiger partial charge on any atom is 0.0736 e. The third-order valence-corrected chi connectivity index (χ3v) is 2.46. The standard InChI is InChI=1S/C10H15N3O/c11-9-6-12-3-1-10(9)13-5-8-2-4-14-7-8/h1,3,6,8H,2,4-5,7,11H2,(H,12,13). The summed E-state index contributed by atoms with van der Waals surface area (Å²) in [5, 5.41) is 3.31. The third kappa shape index (κ3) is 2.14. The number of ether oxygens (including phenoxy) is 1. The highest BCUT2D eigenvalue weighted by molar-refractivity contribution is 5.64. The molecule has 1 aliphatic heterocycles. The Balaban J connectivity index is 1.88. The predicted octanol–water partition coefficient (Wildman–Crippen LogP) is 1.11. The highest BCUT2D eigenvalue weighted by Gasteiger charge is 2.15. The molecule has 0 aliphatic carbocycles. The first-order chi connectivity index (χ1) is 6.86. The number of nitrogens with one attached hydrogen (secondary N) is 1. The molecule has 1 aromatic rings. The molecule has 0 radical (unpaired) electrons. The van der Waals surface area contributed by atoms with Crippen LogP contribution in [0.3, 0.4) is 0 Å². The van der Waals surface area contributed by atoms with E-state index in [1.54, 1.807) is 12.4 Å². The van der Waals surface area contributed by atoms with Gasteiger partial charge in [0.05, 0.1) is 24.2 Å². The second-order valence-electron chi connectivity index (χ2n) is 3.57. The molecule has 1 aliphatic rings. The minimum Gasteiger partial charge on any atom is -0.396 e. The Kier molecular flexibility index (Phi) is 2.84. The van der Waals surface area contributed by atoms with Gasteiger partial charge in [0.1, 0.15) is 0 Å². The maximum atomic E-state index is 5.75. The zero-order valence-electron chi connectivity index (χ0n) is 8.07. The second-order valence-corrected chi connectivity index (χ2v) is 3.57. The van der Waals surface area contributed by atoms with Crippen LogP contribution < -0.4 is 11.1 Å². The van der Waals surface area contributed by atoms with Crippen LogP contribution in [0, 0.1) is 5.92 Å². The average molecular weight is 193 g/mol. The molecule has 76 valence electrons. The van der Waals surface area contributed by atoms with E-state index >= 15 is 0 Å². The van der Waals surface area contributed by atoms with Crippen LogP contribution in [0.5, 0.6) is 0 Å². The van der Waals surface area contributed by atoms with E-state index in [9.17, 15) is 0 Å². The Hall–Kier alpha value is -1.29. The molecule has 1 atom stereocenters. The lowest BCUT2D eigenvalue weighted by atomic mass is 10.1. The van der Waals surface area contributed by atoms with Crippen LogP contribution in [-0.4, -0.2) is 24.7 Å². The van der Waals surface area contributed by atoms with Crippen molar-refractivity contribution in [3.8, 4) is 0 Å². The van der Waals surface area contributed by atoms with Gasteiger partial charge in [0.15, 0.2) is 0 Å². The molecule has 0 aromatic carbocycles. The molecule has 0 amide bonds. The van der Waals surface area contributed by atoms with Gasteiger partial charge in [-0.2, -0.15) is 0 Å². The van der Waals surface area contributed by atoms with Crippen LogP contribution in [0.25, 0.3) is 0 Å². The highest BCUT2D eigenvalue weighted by atomic mass is 16.5. The number of pyridine rings is 1. The Morgan fingerprint density at radius 3 is 3.29 bits per heavy atom. The number of anilines is 2. The van der Waals surface area contributed by atoms with Crippen LogP contribution in [0.4, 0.5) is 11.4 Å². The normalized spacial score (nSPS) is 21.0. The highest BCUT2D eigenvalue weighted by Crippen LogP contribution is 2.18. The first kappa shape index (κ1) is 9.27. The van der Waals surface area contributed by atoms with Gasteiger partial charge in [0.25, 0.3) is 0 Å². The molecule has 1 aromatic heterocycles. The summed E-state index contributed by atoms with van der Waals surface area (Å²) in [7, 11) is 0. The van der Waals surface area contributed by atoms with Crippen molar-refractivity contribution >= 4 is 11.4 Å². The number of nitrogens with two attached hydrogens (primary N) is 1. The van der Waals surface area contributed by atoms with E-state index in [1.807, 2.05) is 6.07 Å². The van der Waals surface area contributed by atoms with Gasteiger partial charge in [0, 0.05) is 25.3 Å². The zero-order chi connectivity index (χ0) is 9.80. The maximum absolute atomic E-state index is 5.75. The summed E-state index contributed by atoms with van der Waals surface area (Å²) in [6, 6.07) is 1.89. The lowest BCUT2D eigenvalue weighted by Crippen LogP contribution is -2.14. The van der Waals surface area contributed by atoms with Crippen molar-refractivity contribution in [2.24, 2.45) is 5.92 Å². The van der Waals surface area contributed by atoms with E-state index in [-0.39, 0.29) is 0 Å². The van der Waals surface area contributed by atoms with Crippen molar-refractivity contribution in [1.82, 2.24) is 4.98 Å². The number of aromatic nitrogens is 1. The van der Waals surface area contributed by atoms with Gasteiger partial charge in [-0.05, 0) is 12.5 Å². The monoisotopic (exact) mass is 193 g/mol. The summed E-state index contributed by atoms with van der Waals surface area (Å²) in [4.78, 5) is 3.93.